The number of carbonyl (C=O) groups is 2. The zero-order chi connectivity index (χ0) is 33.5. The normalized spacial score (nSPS) is 24.9. The number of aliphatic hydroxyl groups excluding tert-OH is 1. The van der Waals surface area contributed by atoms with Crippen molar-refractivity contribution in [3.63, 3.8) is 0 Å². The molecule has 48 heavy (non-hydrogen) atoms. The molecule has 0 aromatic heterocycles. The predicted octanol–water partition coefficient (Wildman–Crippen LogP) is 5.68. The van der Waals surface area contributed by atoms with Crippen LogP contribution in [0.25, 0.3) is 11.1 Å². The summed E-state index contributed by atoms with van der Waals surface area (Å²) >= 11 is 0. The minimum atomic E-state index is -0.985. The molecule has 3 N–H and O–H groups in total. The van der Waals surface area contributed by atoms with Gasteiger partial charge in [-0.05, 0) is 73.1 Å². The second kappa shape index (κ2) is 16.2. The molecule has 1 amide bonds. The van der Waals surface area contributed by atoms with E-state index in [0.29, 0.717) is 12.6 Å². The lowest BCUT2D eigenvalue weighted by Crippen LogP contribution is -2.48. The number of aliphatic carboxylic acids is 1. The van der Waals surface area contributed by atoms with E-state index in [4.69, 9.17) is 14.6 Å². The SMILES string of the molecule is C[C@H]1[C@@H](CN2CCC[C@H]2CN2CCCC2)O[C@@H](c2ccc(-c3ccccc3CNC(=O)CCC(=O)O)cc2)O[C@H]1c1ccc(CO)cc1. The molecule has 0 radical (unpaired) electrons. The highest BCUT2D eigenvalue weighted by atomic mass is 16.7. The number of likely N-dealkylation sites (tertiary alicyclic amines) is 2. The van der Waals surface area contributed by atoms with Crippen molar-refractivity contribution in [3.8, 4) is 11.1 Å². The molecule has 3 aromatic carbocycles. The van der Waals surface area contributed by atoms with Gasteiger partial charge in [0.05, 0.1) is 25.2 Å². The number of hydrogen-bond donors (Lipinski definition) is 3. The van der Waals surface area contributed by atoms with Gasteiger partial charge < -0.3 is 29.9 Å². The molecule has 9 nitrogen and oxygen atoms in total. The lowest BCUT2D eigenvalue weighted by Gasteiger charge is -2.43. The van der Waals surface area contributed by atoms with Crippen LogP contribution in [0, 0.1) is 5.92 Å². The van der Waals surface area contributed by atoms with Gasteiger partial charge in [-0.2, -0.15) is 0 Å². The van der Waals surface area contributed by atoms with Crippen LogP contribution in [0.4, 0.5) is 0 Å². The first-order chi connectivity index (χ1) is 23.4. The van der Waals surface area contributed by atoms with Crippen LogP contribution in [0.3, 0.4) is 0 Å². The minimum Gasteiger partial charge on any atom is -0.481 e. The summed E-state index contributed by atoms with van der Waals surface area (Å²) in [6, 6.07) is 24.8. The summed E-state index contributed by atoms with van der Waals surface area (Å²) in [5, 5.41) is 21.4. The van der Waals surface area contributed by atoms with Crippen molar-refractivity contribution in [2.75, 3.05) is 32.7 Å². The molecule has 3 fully saturated rings. The maximum Gasteiger partial charge on any atom is 0.303 e. The number of hydrogen-bond acceptors (Lipinski definition) is 7. The predicted molar refractivity (Wildman–Crippen MR) is 184 cm³/mol. The number of carboxylic acid groups (broad SMARTS) is 1. The largest absolute Gasteiger partial charge is 0.481 e. The monoisotopic (exact) mass is 655 g/mol. The number of nitrogens with one attached hydrogen (secondary N) is 1. The van der Waals surface area contributed by atoms with Crippen LogP contribution in [0.2, 0.25) is 0 Å². The van der Waals surface area contributed by atoms with E-state index in [-0.39, 0.29) is 43.5 Å². The van der Waals surface area contributed by atoms with E-state index in [0.717, 1.165) is 53.0 Å². The summed E-state index contributed by atoms with van der Waals surface area (Å²) in [5.74, 6) is -1.14. The second-order valence-electron chi connectivity index (χ2n) is 13.6. The third-order valence-electron chi connectivity index (χ3n) is 10.3. The van der Waals surface area contributed by atoms with E-state index in [1.54, 1.807) is 0 Å². The minimum absolute atomic E-state index is 0.00958. The summed E-state index contributed by atoms with van der Waals surface area (Å²) < 4.78 is 13.6. The van der Waals surface area contributed by atoms with Crippen molar-refractivity contribution < 1.29 is 29.3 Å². The number of nitrogens with zero attached hydrogens (tertiary/aromatic N) is 2. The molecule has 256 valence electrons. The zero-order valence-corrected chi connectivity index (χ0v) is 27.9. The summed E-state index contributed by atoms with van der Waals surface area (Å²) in [7, 11) is 0. The fourth-order valence-corrected chi connectivity index (χ4v) is 7.44. The van der Waals surface area contributed by atoms with Crippen molar-refractivity contribution in [3.05, 3.63) is 95.1 Å². The number of benzene rings is 3. The summed E-state index contributed by atoms with van der Waals surface area (Å²) in [6.45, 7) is 8.09. The molecule has 3 aromatic rings. The molecule has 0 saturated carbocycles. The second-order valence-corrected chi connectivity index (χ2v) is 13.6. The van der Waals surface area contributed by atoms with Crippen LogP contribution in [0.5, 0.6) is 0 Å². The standard InChI is InChI=1S/C39H49N3O6/c1-27-35(25-42-22-6-8-33(42)24-41-20-4-5-21-41)47-39(48-38(27)30-12-10-28(26-43)11-13-30)31-16-14-29(15-17-31)34-9-3-2-7-32(34)23-40-36(44)18-19-37(45)46/h2-3,7,9-17,27,33,35,38-39,43H,4-6,8,18-26H2,1H3,(H,40,44)(H,45,46)/t27-,33-,35+,38+,39+/m0/s1. The molecule has 3 saturated heterocycles. The molecule has 0 aliphatic carbocycles. The van der Waals surface area contributed by atoms with E-state index in [1.165, 1.54) is 38.8 Å². The fourth-order valence-electron chi connectivity index (χ4n) is 7.44. The number of carbonyl (C=O) groups excluding carboxylic acids is 1. The maximum absolute atomic E-state index is 12.2. The number of ether oxygens (including phenoxy) is 2. The van der Waals surface area contributed by atoms with Crippen LogP contribution < -0.4 is 5.32 Å². The molecule has 3 aliphatic heterocycles. The Labute approximate surface area is 283 Å². The quantitative estimate of drug-likeness (QED) is 0.216. The van der Waals surface area contributed by atoms with Gasteiger partial charge in [-0.3, -0.25) is 14.5 Å². The van der Waals surface area contributed by atoms with Crippen molar-refractivity contribution in [1.29, 1.82) is 0 Å². The Morgan fingerprint density at radius 3 is 2.31 bits per heavy atom. The summed E-state index contributed by atoms with van der Waals surface area (Å²) in [4.78, 5) is 28.3. The number of aliphatic hydroxyl groups is 1. The topological polar surface area (TPSA) is 112 Å². The molecule has 9 heteroatoms. The Morgan fingerprint density at radius 1 is 0.854 bits per heavy atom. The van der Waals surface area contributed by atoms with Crippen molar-refractivity contribution in [1.82, 2.24) is 15.1 Å². The van der Waals surface area contributed by atoms with Gasteiger partial charge in [0.25, 0.3) is 0 Å². The Hall–Kier alpha value is -3.60. The molecule has 3 heterocycles. The maximum atomic E-state index is 12.2. The van der Waals surface area contributed by atoms with Gasteiger partial charge in [-0.25, -0.2) is 0 Å². The van der Waals surface area contributed by atoms with E-state index >= 15 is 0 Å². The molecule has 0 unspecified atom stereocenters. The fraction of sp³-hybridized carbons (Fsp3) is 0.487. The summed E-state index contributed by atoms with van der Waals surface area (Å²) in [6.07, 6.45) is 4.12. The molecular formula is C39H49N3O6. The molecule has 0 bridgehead atoms. The van der Waals surface area contributed by atoms with Gasteiger partial charge in [0, 0.05) is 43.6 Å². The highest BCUT2D eigenvalue weighted by Gasteiger charge is 2.40. The van der Waals surface area contributed by atoms with Crippen LogP contribution >= 0.6 is 0 Å². The smallest absolute Gasteiger partial charge is 0.303 e. The van der Waals surface area contributed by atoms with Gasteiger partial charge in [0.15, 0.2) is 6.29 Å². The number of rotatable bonds is 13. The highest BCUT2D eigenvalue weighted by Crippen LogP contribution is 2.42. The lowest BCUT2D eigenvalue weighted by molar-refractivity contribution is -0.276. The number of carboxylic acids is 1. The zero-order valence-electron chi connectivity index (χ0n) is 27.9. The van der Waals surface area contributed by atoms with Crippen LogP contribution in [-0.2, 0) is 32.2 Å². The first kappa shape index (κ1) is 34.3. The first-order valence-electron chi connectivity index (χ1n) is 17.5. The Bertz CT molecular complexity index is 1510. The highest BCUT2D eigenvalue weighted by molar-refractivity contribution is 5.80. The third-order valence-corrected chi connectivity index (χ3v) is 10.3. The van der Waals surface area contributed by atoms with Crippen molar-refractivity contribution >= 4 is 11.9 Å². The Balaban J connectivity index is 1.19. The lowest BCUT2D eigenvalue weighted by atomic mass is 9.89. The Morgan fingerprint density at radius 2 is 1.58 bits per heavy atom. The third kappa shape index (κ3) is 8.51. The van der Waals surface area contributed by atoms with E-state index < -0.39 is 12.3 Å². The average molecular weight is 656 g/mol. The first-order valence-corrected chi connectivity index (χ1v) is 17.5. The number of amides is 1. The van der Waals surface area contributed by atoms with Crippen LogP contribution in [-0.4, -0.2) is 76.8 Å². The average Bonchev–Trinajstić information content (AvgIpc) is 3.80. The van der Waals surface area contributed by atoms with Crippen LogP contribution in [0.15, 0.2) is 72.8 Å². The molecule has 3 aliphatic rings. The Kier molecular flexibility index (Phi) is 11.6. The van der Waals surface area contributed by atoms with E-state index in [2.05, 4.69) is 58.4 Å². The van der Waals surface area contributed by atoms with Crippen molar-refractivity contribution in [2.24, 2.45) is 5.92 Å². The van der Waals surface area contributed by atoms with Gasteiger partial charge in [-0.15, -0.1) is 0 Å². The van der Waals surface area contributed by atoms with Gasteiger partial charge in [0.2, 0.25) is 5.91 Å². The summed E-state index contributed by atoms with van der Waals surface area (Å²) in [5.41, 5.74) is 5.87. The van der Waals surface area contributed by atoms with Gasteiger partial charge in [0.1, 0.15) is 0 Å². The van der Waals surface area contributed by atoms with E-state index in [1.807, 2.05) is 36.4 Å². The molecule has 0 spiro atoms. The molecule has 5 atom stereocenters. The molecule has 6 rings (SSSR count). The molecular weight excluding hydrogens is 606 g/mol. The van der Waals surface area contributed by atoms with Gasteiger partial charge >= 0.3 is 5.97 Å². The van der Waals surface area contributed by atoms with Gasteiger partial charge in [-0.1, -0.05) is 79.7 Å². The van der Waals surface area contributed by atoms with Crippen molar-refractivity contribution in [2.45, 2.75) is 83.1 Å². The van der Waals surface area contributed by atoms with E-state index in [9.17, 15) is 14.7 Å². The van der Waals surface area contributed by atoms with Crippen LogP contribution in [0.1, 0.15) is 80.1 Å².